The minimum Gasteiger partial charge on any atom is -0.508 e. The van der Waals surface area contributed by atoms with Crippen LogP contribution in [0.1, 0.15) is 29.5 Å². The molecule has 0 unspecified atom stereocenters. The number of benzene rings is 2. The Hall–Kier alpha value is -2.73. The summed E-state index contributed by atoms with van der Waals surface area (Å²) in [5, 5.41) is 18.8. The lowest BCUT2D eigenvalue weighted by Crippen LogP contribution is -2.50. The van der Waals surface area contributed by atoms with Crippen LogP contribution in [0.15, 0.2) is 48.5 Å². The molecule has 0 spiro atoms. The van der Waals surface area contributed by atoms with E-state index in [4.69, 9.17) is 11.5 Å². The molecule has 0 bridgehead atoms. The van der Waals surface area contributed by atoms with Crippen molar-refractivity contribution in [3.63, 3.8) is 0 Å². The topological polar surface area (TPSA) is 160 Å². The number of nitrogens with one attached hydrogen (secondary N) is 3. The number of nitrogens with two attached hydrogens (primary N) is 2. The first-order chi connectivity index (χ1) is 17.8. The van der Waals surface area contributed by atoms with Crippen LogP contribution in [0.3, 0.4) is 0 Å². The van der Waals surface area contributed by atoms with Gasteiger partial charge in [0.2, 0.25) is 17.7 Å². The number of phenols is 1. The summed E-state index contributed by atoms with van der Waals surface area (Å²) in [6.45, 7) is 0.808. The first kappa shape index (κ1) is 28.8. The number of carbonyl (C=O) groups is 3. The van der Waals surface area contributed by atoms with Crippen molar-refractivity contribution in [1.29, 1.82) is 0 Å². The summed E-state index contributed by atoms with van der Waals surface area (Å²) in [5.41, 5.74) is 14.2. The predicted octanol–water partition coefficient (Wildman–Crippen LogP) is 1.22. The molecule has 11 heteroatoms. The Kier molecular flexibility index (Phi) is 11.6. The number of hydrogen-bond acceptors (Lipinski definition) is 8. The monoisotopic (exact) mass is 545 g/mol. The summed E-state index contributed by atoms with van der Waals surface area (Å²) in [5.74, 6) is 0.474. The normalized spacial score (nSPS) is 21.5. The van der Waals surface area contributed by atoms with E-state index in [1.54, 1.807) is 22.9 Å². The van der Waals surface area contributed by atoms with Gasteiger partial charge in [-0.25, -0.2) is 0 Å². The molecule has 0 aliphatic carbocycles. The summed E-state index contributed by atoms with van der Waals surface area (Å²) in [7, 11) is 3.17. The van der Waals surface area contributed by atoms with Gasteiger partial charge >= 0.3 is 0 Å². The second-order valence-electron chi connectivity index (χ2n) is 9.08. The van der Waals surface area contributed by atoms with Gasteiger partial charge in [-0.15, -0.1) is 0 Å². The highest BCUT2D eigenvalue weighted by Crippen LogP contribution is 2.24. The summed E-state index contributed by atoms with van der Waals surface area (Å²) in [4.78, 5) is 37.5. The van der Waals surface area contributed by atoms with Gasteiger partial charge in [-0.05, 0) is 41.7 Å². The molecule has 9 nitrogen and oxygen atoms in total. The third kappa shape index (κ3) is 10.3. The molecule has 3 amide bonds. The second-order valence-corrected chi connectivity index (χ2v) is 11.7. The van der Waals surface area contributed by atoms with Crippen LogP contribution in [0.5, 0.6) is 5.75 Å². The lowest BCUT2D eigenvalue weighted by Gasteiger charge is -2.22. The fourth-order valence-electron chi connectivity index (χ4n) is 3.98. The average molecular weight is 546 g/mol. The van der Waals surface area contributed by atoms with Crippen LogP contribution >= 0.6 is 21.6 Å². The van der Waals surface area contributed by atoms with Gasteiger partial charge in [0.15, 0.2) is 0 Å². The highest BCUT2D eigenvalue weighted by Gasteiger charge is 2.24. The van der Waals surface area contributed by atoms with E-state index in [1.165, 1.54) is 10.8 Å². The maximum atomic E-state index is 13.1. The summed E-state index contributed by atoms with van der Waals surface area (Å²) in [6, 6.07) is 13.3. The highest BCUT2D eigenvalue weighted by molar-refractivity contribution is 8.76. The average Bonchev–Trinajstić information content (AvgIpc) is 2.87. The van der Waals surface area contributed by atoms with Crippen molar-refractivity contribution in [1.82, 2.24) is 16.0 Å². The quantitative estimate of drug-likeness (QED) is 0.283. The molecule has 0 radical (unpaired) electrons. The van der Waals surface area contributed by atoms with E-state index in [0.717, 1.165) is 28.9 Å². The minimum atomic E-state index is -0.711. The van der Waals surface area contributed by atoms with Crippen molar-refractivity contribution in [2.24, 2.45) is 11.5 Å². The molecule has 1 fully saturated rings. The number of phenolic OH excluding ortho intramolecular Hbond substituents is 1. The molecule has 2 aromatic rings. The standard InChI is InChI=1S/C26H35N5O4S2/c27-20-9-10-36-37-16-23(26(35)30-14-19-4-2-1-3-18(19)12-24(28)33)31-25(34)13-21(29-15-20)11-17-5-7-22(32)8-6-17/h1-8,20-21,23,29,32H,9-16,27H2,(H2,28,33)(H,30,35)(H,31,34)/t20-,21-,23-/m0/s1. The third-order valence-electron chi connectivity index (χ3n) is 6.00. The molecular formula is C26H35N5O4S2. The van der Waals surface area contributed by atoms with Gasteiger partial charge in [0.05, 0.1) is 6.42 Å². The van der Waals surface area contributed by atoms with Crippen molar-refractivity contribution in [2.45, 2.75) is 50.4 Å². The minimum absolute atomic E-state index is 0.0428. The zero-order chi connectivity index (χ0) is 26.6. The fourth-order valence-corrected chi connectivity index (χ4v) is 6.31. The van der Waals surface area contributed by atoms with Crippen molar-refractivity contribution in [3.05, 3.63) is 65.2 Å². The molecule has 8 N–H and O–H groups in total. The summed E-state index contributed by atoms with van der Waals surface area (Å²) in [6.07, 6.45) is 1.66. The van der Waals surface area contributed by atoms with Crippen LogP contribution in [0.2, 0.25) is 0 Å². The number of primary amides is 1. The molecule has 0 aromatic heterocycles. The molecule has 200 valence electrons. The Bertz CT molecular complexity index is 1050. The van der Waals surface area contributed by atoms with Gasteiger partial charge in [-0.3, -0.25) is 14.4 Å². The number of aromatic hydroxyl groups is 1. The van der Waals surface area contributed by atoms with E-state index in [2.05, 4.69) is 16.0 Å². The molecular weight excluding hydrogens is 510 g/mol. The van der Waals surface area contributed by atoms with Crippen molar-refractivity contribution < 1.29 is 19.5 Å². The van der Waals surface area contributed by atoms with Crippen molar-refractivity contribution in [3.8, 4) is 5.75 Å². The molecule has 0 saturated carbocycles. The van der Waals surface area contributed by atoms with E-state index in [9.17, 15) is 19.5 Å². The zero-order valence-corrected chi connectivity index (χ0v) is 22.3. The van der Waals surface area contributed by atoms with Crippen LogP contribution in [-0.4, -0.2) is 59.0 Å². The van der Waals surface area contributed by atoms with Gasteiger partial charge in [-0.1, -0.05) is 58.0 Å². The Morgan fingerprint density at radius 1 is 1.08 bits per heavy atom. The van der Waals surface area contributed by atoms with E-state index in [-0.39, 0.29) is 49.0 Å². The highest BCUT2D eigenvalue weighted by atomic mass is 33.1. The van der Waals surface area contributed by atoms with E-state index >= 15 is 0 Å². The van der Waals surface area contributed by atoms with Gasteiger partial charge in [0.25, 0.3) is 0 Å². The molecule has 1 saturated heterocycles. The Morgan fingerprint density at radius 2 is 1.81 bits per heavy atom. The van der Waals surface area contributed by atoms with E-state index in [1.807, 2.05) is 36.4 Å². The van der Waals surface area contributed by atoms with Gasteiger partial charge < -0.3 is 32.5 Å². The maximum Gasteiger partial charge on any atom is 0.243 e. The van der Waals surface area contributed by atoms with Crippen molar-refractivity contribution in [2.75, 3.05) is 18.1 Å². The Labute approximate surface area is 225 Å². The van der Waals surface area contributed by atoms with Crippen LogP contribution in [0.25, 0.3) is 0 Å². The largest absolute Gasteiger partial charge is 0.508 e. The lowest BCUT2D eigenvalue weighted by atomic mass is 10.0. The SMILES string of the molecule is NC(=O)Cc1ccccc1CNC(=O)[C@@H]1CSSCC[C@H](N)CN[C@@H](Cc2ccc(O)cc2)CC(=O)N1. The van der Waals surface area contributed by atoms with Crippen LogP contribution in [0.4, 0.5) is 0 Å². The van der Waals surface area contributed by atoms with Gasteiger partial charge in [0, 0.05) is 43.1 Å². The number of rotatable bonds is 7. The zero-order valence-electron chi connectivity index (χ0n) is 20.7. The first-order valence-electron chi connectivity index (χ1n) is 12.2. The number of carbonyl (C=O) groups excluding carboxylic acids is 3. The van der Waals surface area contributed by atoms with Crippen LogP contribution < -0.4 is 27.4 Å². The second kappa shape index (κ2) is 14.9. The third-order valence-corrected chi connectivity index (χ3v) is 8.44. The molecule has 3 rings (SSSR count). The Morgan fingerprint density at radius 3 is 2.54 bits per heavy atom. The van der Waals surface area contributed by atoms with Crippen molar-refractivity contribution >= 4 is 39.3 Å². The van der Waals surface area contributed by atoms with E-state index in [0.29, 0.717) is 18.7 Å². The maximum absolute atomic E-state index is 13.1. The molecule has 1 heterocycles. The van der Waals surface area contributed by atoms with Gasteiger partial charge in [0.1, 0.15) is 11.8 Å². The number of amides is 3. The molecule has 1 aliphatic rings. The molecule has 1 aliphatic heterocycles. The predicted molar refractivity (Wildman–Crippen MR) is 149 cm³/mol. The van der Waals surface area contributed by atoms with Crippen LogP contribution in [-0.2, 0) is 33.8 Å². The molecule has 2 aromatic carbocycles. The fraction of sp³-hybridized carbons (Fsp3) is 0.423. The number of hydrogen-bond donors (Lipinski definition) is 6. The summed E-state index contributed by atoms with van der Waals surface area (Å²) >= 11 is 0. The Balaban J connectivity index is 1.66. The van der Waals surface area contributed by atoms with E-state index < -0.39 is 11.9 Å². The van der Waals surface area contributed by atoms with Gasteiger partial charge in [-0.2, -0.15) is 0 Å². The summed E-state index contributed by atoms with van der Waals surface area (Å²) < 4.78 is 0. The molecule has 3 atom stereocenters. The van der Waals surface area contributed by atoms with Crippen LogP contribution in [0, 0.1) is 0 Å². The molecule has 37 heavy (non-hydrogen) atoms. The first-order valence-corrected chi connectivity index (χ1v) is 14.7. The smallest absolute Gasteiger partial charge is 0.243 e. The lowest BCUT2D eigenvalue weighted by molar-refractivity contribution is -0.128.